The second-order valence-electron chi connectivity index (χ2n) is 6.15. The van der Waals surface area contributed by atoms with Gasteiger partial charge in [0.2, 0.25) is 11.8 Å². The van der Waals surface area contributed by atoms with Crippen molar-refractivity contribution >= 4 is 35.1 Å². The smallest absolute Gasteiger partial charge is 0.322 e. The number of hydrogen-bond donors (Lipinski definition) is 1. The van der Waals surface area contributed by atoms with Gasteiger partial charge in [0.1, 0.15) is 0 Å². The van der Waals surface area contributed by atoms with Crippen LogP contribution in [-0.4, -0.2) is 28.6 Å². The minimum Gasteiger partial charge on any atom is -0.407 e. The van der Waals surface area contributed by atoms with Crippen LogP contribution in [0.25, 0.3) is 0 Å². The number of nitrogens with zero attached hydrogens (tertiary/aromatic N) is 3. The van der Waals surface area contributed by atoms with Crippen LogP contribution in [0.4, 0.5) is 11.7 Å². The van der Waals surface area contributed by atoms with Crippen molar-refractivity contribution in [3.63, 3.8) is 0 Å². The maximum absolute atomic E-state index is 12.3. The van der Waals surface area contributed by atoms with Gasteiger partial charge in [-0.05, 0) is 30.3 Å². The van der Waals surface area contributed by atoms with Crippen LogP contribution in [0.5, 0.6) is 0 Å². The molecule has 27 heavy (non-hydrogen) atoms. The molecule has 7 nitrogen and oxygen atoms in total. The molecule has 0 spiro atoms. The van der Waals surface area contributed by atoms with Gasteiger partial charge in [0.15, 0.2) is 0 Å². The number of carbonyl (C=O) groups is 2. The average Bonchev–Trinajstić information content (AvgIpc) is 3.29. The van der Waals surface area contributed by atoms with Gasteiger partial charge < -0.3 is 9.32 Å². The van der Waals surface area contributed by atoms with E-state index < -0.39 is 5.91 Å². The molecule has 136 valence electrons. The molecule has 4 rings (SSSR count). The zero-order valence-electron chi connectivity index (χ0n) is 14.1. The number of halogens is 1. The van der Waals surface area contributed by atoms with E-state index in [0.29, 0.717) is 23.0 Å². The molecule has 0 bridgehead atoms. The van der Waals surface area contributed by atoms with Gasteiger partial charge in [-0.15, -0.1) is 5.10 Å². The van der Waals surface area contributed by atoms with Gasteiger partial charge >= 0.3 is 6.01 Å². The zero-order chi connectivity index (χ0) is 18.8. The highest BCUT2D eigenvalue weighted by Gasteiger charge is 2.35. The summed E-state index contributed by atoms with van der Waals surface area (Å²) in [6.45, 7) is 0.451. The van der Waals surface area contributed by atoms with Gasteiger partial charge in [-0.1, -0.05) is 41.0 Å². The Bertz CT molecular complexity index is 989. The van der Waals surface area contributed by atoms with Gasteiger partial charge in [0.05, 0.1) is 5.92 Å². The number of benzene rings is 2. The highest BCUT2D eigenvalue weighted by Crippen LogP contribution is 2.31. The molecule has 2 amide bonds. The van der Waals surface area contributed by atoms with Gasteiger partial charge in [-0.25, -0.2) is 0 Å². The predicted molar refractivity (Wildman–Crippen MR) is 99.9 cm³/mol. The number of anilines is 2. The summed E-state index contributed by atoms with van der Waals surface area (Å²) in [5.41, 5.74) is 1.22. The van der Waals surface area contributed by atoms with E-state index in [4.69, 9.17) is 16.0 Å². The zero-order valence-corrected chi connectivity index (χ0v) is 14.9. The first-order valence-electron chi connectivity index (χ1n) is 8.36. The number of amides is 2. The summed E-state index contributed by atoms with van der Waals surface area (Å²) in [7, 11) is 0. The molecule has 3 aromatic rings. The van der Waals surface area contributed by atoms with E-state index in [1.807, 2.05) is 30.3 Å². The monoisotopic (exact) mass is 382 g/mol. The molecule has 1 fully saturated rings. The highest BCUT2D eigenvalue weighted by molar-refractivity contribution is 6.31. The lowest BCUT2D eigenvalue weighted by molar-refractivity contribution is -0.117. The van der Waals surface area contributed by atoms with Crippen molar-refractivity contribution in [3.8, 4) is 0 Å². The second-order valence-corrected chi connectivity index (χ2v) is 6.59. The fourth-order valence-corrected chi connectivity index (χ4v) is 3.17. The summed E-state index contributed by atoms with van der Waals surface area (Å²) >= 11 is 5.89. The van der Waals surface area contributed by atoms with Gasteiger partial charge in [0.25, 0.3) is 5.91 Å². The van der Waals surface area contributed by atoms with E-state index in [1.165, 1.54) is 0 Å². The Kier molecular flexibility index (Phi) is 4.60. The van der Waals surface area contributed by atoms with E-state index >= 15 is 0 Å². The van der Waals surface area contributed by atoms with Crippen LogP contribution in [0, 0.1) is 0 Å². The molecule has 0 saturated carbocycles. The summed E-state index contributed by atoms with van der Waals surface area (Å²) in [5.74, 6) is -0.305. The van der Waals surface area contributed by atoms with Crippen LogP contribution < -0.4 is 10.2 Å². The number of nitrogens with one attached hydrogen (secondary N) is 1. The summed E-state index contributed by atoms with van der Waals surface area (Å²) in [6, 6.07) is 15.9. The Labute approximate surface area is 160 Å². The molecular weight excluding hydrogens is 368 g/mol. The molecule has 1 aliphatic rings. The SMILES string of the molecule is O=C(Nc1nnc(C2CC(=O)N(c3ccccc3)C2)o1)c1cccc(Cl)c1. The average molecular weight is 383 g/mol. The van der Waals surface area contributed by atoms with Crippen LogP contribution >= 0.6 is 11.6 Å². The minimum absolute atomic E-state index is 0.00564. The third-order valence-electron chi connectivity index (χ3n) is 4.29. The minimum atomic E-state index is -0.402. The van der Waals surface area contributed by atoms with E-state index in [9.17, 15) is 9.59 Å². The largest absolute Gasteiger partial charge is 0.407 e. The molecule has 0 radical (unpaired) electrons. The van der Waals surface area contributed by atoms with Crippen molar-refractivity contribution in [1.29, 1.82) is 0 Å². The Balaban J connectivity index is 1.45. The molecule has 1 N–H and O–H groups in total. The maximum atomic E-state index is 12.3. The van der Waals surface area contributed by atoms with Crippen molar-refractivity contribution in [2.45, 2.75) is 12.3 Å². The molecule has 1 aliphatic heterocycles. The summed E-state index contributed by atoms with van der Waals surface area (Å²) in [6.07, 6.45) is 0.277. The van der Waals surface area contributed by atoms with Crippen molar-refractivity contribution in [2.24, 2.45) is 0 Å². The van der Waals surface area contributed by atoms with Crippen LogP contribution in [0.15, 0.2) is 59.0 Å². The lowest BCUT2D eigenvalue weighted by Gasteiger charge is -2.15. The van der Waals surface area contributed by atoms with Crippen molar-refractivity contribution in [3.05, 3.63) is 71.1 Å². The Morgan fingerprint density at radius 2 is 1.96 bits per heavy atom. The van der Waals surface area contributed by atoms with E-state index in [2.05, 4.69) is 15.5 Å². The topological polar surface area (TPSA) is 88.3 Å². The lowest BCUT2D eigenvalue weighted by atomic mass is 10.1. The molecule has 2 aromatic carbocycles. The third-order valence-corrected chi connectivity index (χ3v) is 4.53. The van der Waals surface area contributed by atoms with Gasteiger partial charge in [-0.3, -0.25) is 14.9 Å². The molecule has 1 aromatic heterocycles. The lowest BCUT2D eigenvalue weighted by Crippen LogP contribution is -2.24. The maximum Gasteiger partial charge on any atom is 0.322 e. The van der Waals surface area contributed by atoms with Crippen molar-refractivity contribution < 1.29 is 14.0 Å². The second kappa shape index (κ2) is 7.20. The van der Waals surface area contributed by atoms with Crippen LogP contribution in [0.2, 0.25) is 5.02 Å². The van der Waals surface area contributed by atoms with E-state index in [0.717, 1.165) is 5.69 Å². The normalized spacial score (nSPS) is 16.6. The fraction of sp³-hybridized carbons (Fsp3) is 0.158. The van der Waals surface area contributed by atoms with Crippen LogP contribution in [-0.2, 0) is 4.79 Å². The first-order chi connectivity index (χ1) is 13.1. The Hall–Kier alpha value is -3.19. The first-order valence-corrected chi connectivity index (χ1v) is 8.73. The van der Waals surface area contributed by atoms with Crippen LogP contribution in [0.3, 0.4) is 0 Å². The summed E-state index contributed by atoms with van der Waals surface area (Å²) in [4.78, 5) is 26.2. The van der Waals surface area contributed by atoms with E-state index in [1.54, 1.807) is 29.2 Å². The highest BCUT2D eigenvalue weighted by atomic mass is 35.5. The fourth-order valence-electron chi connectivity index (χ4n) is 2.98. The molecule has 1 atom stereocenters. The number of hydrogen-bond acceptors (Lipinski definition) is 5. The van der Waals surface area contributed by atoms with Crippen molar-refractivity contribution in [1.82, 2.24) is 10.2 Å². The van der Waals surface area contributed by atoms with Gasteiger partial charge in [-0.2, -0.15) is 0 Å². The predicted octanol–water partition coefficient (Wildman–Crippen LogP) is 3.50. The van der Waals surface area contributed by atoms with E-state index in [-0.39, 0.29) is 24.3 Å². The summed E-state index contributed by atoms with van der Waals surface area (Å²) in [5, 5.41) is 10.9. The quantitative estimate of drug-likeness (QED) is 0.746. The molecule has 0 aliphatic carbocycles. The molecular formula is C19H15ClN4O3. The van der Waals surface area contributed by atoms with Crippen molar-refractivity contribution in [2.75, 3.05) is 16.8 Å². The third kappa shape index (κ3) is 3.68. The molecule has 2 heterocycles. The molecule has 1 saturated heterocycles. The number of rotatable bonds is 4. The number of aromatic nitrogens is 2. The van der Waals surface area contributed by atoms with Gasteiger partial charge in [0, 0.05) is 29.2 Å². The molecule has 1 unspecified atom stereocenters. The Morgan fingerprint density at radius 1 is 1.15 bits per heavy atom. The first kappa shape index (κ1) is 17.2. The summed E-state index contributed by atoms with van der Waals surface area (Å²) < 4.78 is 5.56. The number of carbonyl (C=O) groups excluding carboxylic acids is 2. The molecule has 8 heteroatoms. The standard InChI is InChI=1S/C19H15ClN4O3/c20-14-6-4-5-12(9-14)17(26)21-19-23-22-18(27-19)13-10-16(25)24(11-13)15-7-2-1-3-8-15/h1-9,13H,10-11H2,(H,21,23,26). The van der Waals surface area contributed by atoms with Crippen LogP contribution in [0.1, 0.15) is 28.6 Å². The number of para-hydroxylation sites is 1. The Morgan fingerprint density at radius 3 is 2.74 bits per heavy atom.